The van der Waals surface area contributed by atoms with Crippen molar-refractivity contribution in [1.82, 2.24) is 19.8 Å². The molecular formula is C24H33N5O2. The molecule has 31 heavy (non-hydrogen) atoms. The van der Waals surface area contributed by atoms with Gasteiger partial charge in [0.25, 0.3) is 0 Å². The average molecular weight is 424 g/mol. The van der Waals surface area contributed by atoms with Crippen LogP contribution in [0.2, 0.25) is 0 Å². The SMILES string of the molecule is COc1ccc(-c2cnc(N(C)C)nc2[C@@H]2CCCCN2CC(=O)N2CCCC2)cc1. The van der Waals surface area contributed by atoms with Gasteiger partial charge in [-0.1, -0.05) is 18.6 Å². The van der Waals surface area contributed by atoms with E-state index in [2.05, 4.69) is 22.0 Å². The van der Waals surface area contributed by atoms with E-state index in [4.69, 9.17) is 9.72 Å². The molecule has 7 heteroatoms. The maximum Gasteiger partial charge on any atom is 0.236 e. The summed E-state index contributed by atoms with van der Waals surface area (Å²) in [6, 6.07) is 8.15. The van der Waals surface area contributed by atoms with Gasteiger partial charge in [0.1, 0.15) is 5.75 Å². The summed E-state index contributed by atoms with van der Waals surface area (Å²) in [6.45, 7) is 3.18. The van der Waals surface area contributed by atoms with Gasteiger partial charge in [-0.2, -0.15) is 0 Å². The van der Waals surface area contributed by atoms with Crippen LogP contribution in [0.15, 0.2) is 30.5 Å². The number of likely N-dealkylation sites (tertiary alicyclic amines) is 2. The molecule has 0 spiro atoms. The second-order valence-corrected chi connectivity index (χ2v) is 8.66. The molecule has 1 aromatic carbocycles. The van der Waals surface area contributed by atoms with Crippen LogP contribution in [0.5, 0.6) is 5.75 Å². The maximum absolute atomic E-state index is 12.9. The number of nitrogens with zero attached hydrogens (tertiary/aromatic N) is 5. The Morgan fingerprint density at radius 3 is 2.48 bits per heavy atom. The molecule has 0 N–H and O–H groups in total. The smallest absolute Gasteiger partial charge is 0.236 e. The molecule has 1 aromatic heterocycles. The lowest BCUT2D eigenvalue weighted by Crippen LogP contribution is -2.43. The number of aromatic nitrogens is 2. The Hall–Kier alpha value is -2.67. The number of anilines is 1. The van der Waals surface area contributed by atoms with Crippen molar-refractivity contribution < 1.29 is 9.53 Å². The van der Waals surface area contributed by atoms with Gasteiger partial charge in [-0.25, -0.2) is 9.97 Å². The fraction of sp³-hybridized carbons (Fsp3) is 0.542. The van der Waals surface area contributed by atoms with Crippen LogP contribution >= 0.6 is 0 Å². The zero-order chi connectivity index (χ0) is 21.8. The van der Waals surface area contributed by atoms with Crippen LogP contribution in [0.4, 0.5) is 5.95 Å². The number of methoxy groups -OCH3 is 1. The molecular weight excluding hydrogens is 390 g/mol. The van der Waals surface area contributed by atoms with Gasteiger partial charge in [-0.3, -0.25) is 9.69 Å². The van der Waals surface area contributed by atoms with Gasteiger partial charge >= 0.3 is 0 Å². The van der Waals surface area contributed by atoms with E-state index >= 15 is 0 Å². The molecule has 0 saturated carbocycles. The quantitative estimate of drug-likeness (QED) is 0.710. The zero-order valence-electron chi connectivity index (χ0n) is 18.9. The molecule has 2 aromatic rings. The van der Waals surface area contributed by atoms with E-state index in [1.165, 1.54) is 0 Å². The third-order valence-electron chi connectivity index (χ3n) is 6.33. The first-order chi connectivity index (χ1) is 15.1. The van der Waals surface area contributed by atoms with Crippen LogP contribution in [0.3, 0.4) is 0 Å². The van der Waals surface area contributed by atoms with E-state index in [0.717, 1.165) is 74.3 Å². The first-order valence-electron chi connectivity index (χ1n) is 11.3. The number of ether oxygens (including phenoxy) is 1. The highest BCUT2D eigenvalue weighted by Gasteiger charge is 2.31. The normalized spacial score (nSPS) is 19.5. The van der Waals surface area contributed by atoms with Crippen molar-refractivity contribution in [2.24, 2.45) is 0 Å². The van der Waals surface area contributed by atoms with Gasteiger partial charge in [0.15, 0.2) is 0 Å². The molecule has 2 aliphatic heterocycles. The van der Waals surface area contributed by atoms with Gasteiger partial charge in [0, 0.05) is 38.9 Å². The number of rotatable bonds is 6. The van der Waals surface area contributed by atoms with Crippen molar-refractivity contribution >= 4 is 11.9 Å². The molecule has 0 bridgehead atoms. The third-order valence-corrected chi connectivity index (χ3v) is 6.33. The average Bonchev–Trinajstić information content (AvgIpc) is 3.34. The van der Waals surface area contributed by atoms with Crippen LogP contribution < -0.4 is 9.64 Å². The molecule has 0 unspecified atom stereocenters. The molecule has 2 aliphatic rings. The van der Waals surface area contributed by atoms with Crippen LogP contribution in [0, 0.1) is 0 Å². The molecule has 166 valence electrons. The van der Waals surface area contributed by atoms with E-state index < -0.39 is 0 Å². The number of carbonyl (C=O) groups excluding carboxylic acids is 1. The molecule has 1 amide bonds. The van der Waals surface area contributed by atoms with Crippen molar-refractivity contribution in [3.8, 4) is 16.9 Å². The Morgan fingerprint density at radius 1 is 1.10 bits per heavy atom. The van der Waals surface area contributed by atoms with Crippen molar-refractivity contribution in [2.75, 3.05) is 52.3 Å². The van der Waals surface area contributed by atoms with Crippen LogP contribution in [-0.2, 0) is 4.79 Å². The van der Waals surface area contributed by atoms with E-state index in [-0.39, 0.29) is 11.9 Å². The topological polar surface area (TPSA) is 61.8 Å². The molecule has 0 radical (unpaired) electrons. The standard InChI is InChI=1S/C24H33N5O2/c1-27(2)24-25-16-20(18-9-11-19(31-3)12-10-18)23(26-24)21-8-4-5-15-29(21)17-22(30)28-13-6-7-14-28/h9-12,16,21H,4-8,13-15,17H2,1-3H3/t21-/m0/s1. The van der Waals surface area contributed by atoms with Crippen LogP contribution in [0.25, 0.3) is 11.1 Å². The van der Waals surface area contributed by atoms with Crippen molar-refractivity contribution in [2.45, 2.75) is 38.1 Å². The highest BCUT2D eigenvalue weighted by atomic mass is 16.5. The first-order valence-corrected chi connectivity index (χ1v) is 11.3. The lowest BCUT2D eigenvalue weighted by atomic mass is 9.93. The van der Waals surface area contributed by atoms with E-state index in [1.807, 2.05) is 42.2 Å². The van der Waals surface area contributed by atoms with Gasteiger partial charge in [0.2, 0.25) is 11.9 Å². The Labute approximate surface area is 185 Å². The number of piperidine rings is 1. The van der Waals surface area contributed by atoms with Crippen molar-refractivity contribution in [3.05, 3.63) is 36.2 Å². The van der Waals surface area contributed by atoms with Gasteiger partial charge in [0.05, 0.1) is 25.4 Å². The monoisotopic (exact) mass is 423 g/mol. The minimum Gasteiger partial charge on any atom is -0.497 e. The van der Waals surface area contributed by atoms with Gasteiger partial charge in [-0.05, 0) is 49.9 Å². The Kier molecular flexibility index (Phi) is 6.70. The Balaban J connectivity index is 1.68. The fourth-order valence-corrected chi connectivity index (χ4v) is 4.58. The van der Waals surface area contributed by atoms with E-state index in [9.17, 15) is 4.79 Å². The zero-order valence-corrected chi connectivity index (χ0v) is 18.9. The maximum atomic E-state index is 12.9. The summed E-state index contributed by atoms with van der Waals surface area (Å²) in [7, 11) is 5.59. The second kappa shape index (κ2) is 9.64. The summed E-state index contributed by atoms with van der Waals surface area (Å²) in [4.78, 5) is 28.8. The largest absolute Gasteiger partial charge is 0.497 e. The molecule has 7 nitrogen and oxygen atoms in total. The first kappa shape index (κ1) is 21.6. The molecule has 1 atom stereocenters. The fourth-order valence-electron chi connectivity index (χ4n) is 4.58. The summed E-state index contributed by atoms with van der Waals surface area (Å²) >= 11 is 0. The third kappa shape index (κ3) is 4.82. The highest BCUT2D eigenvalue weighted by Crippen LogP contribution is 2.36. The highest BCUT2D eigenvalue weighted by molar-refractivity contribution is 5.78. The lowest BCUT2D eigenvalue weighted by molar-refractivity contribution is -0.132. The molecule has 2 fully saturated rings. The molecule has 3 heterocycles. The Morgan fingerprint density at radius 2 is 1.81 bits per heavy atom. The summed E-state index contributed by atoms with van der Waals surface area (Å²) in [5.74, 6) is 1.77. The predicted octanol–water partition coefficient (Wildman–Crippen LogP) is 3.37. The number of carbonyl (C=O) groups is 1. The summed E-state index contributed by atoms with van der Waals surface area (Å²) in [6.07, 6.45) is 7.42. The summed E-state index contributed by atoms with van der Waals surface area (Å²) in [5.41, 5.74) is 3.11. The summed E-state index contributed by atoms with van der Waals surface area (Å²) in [5, 5.41) is 0. The van der Waals surface area contributed by atoms with E-state index in [0.29, 0.717) is 12.5 Å². The molecule has 4 rings (SSSR count). The summed E-state index contributed by atoms with van der Waals surface area (Å²) < 4.78 is 5.32. The van der Waals surface area contributed by atoms with Crippen molar-refractivity contribution in [1.29, 1.82) is 0 Å². The second-order valence-electron chi connectivity index (χ2n) is 8.66. The minimum absolute atomic E-state index is 0.110. The van der Waals surface area contributed by atoms with E-state index in [1.54, 1.807) is 7.11 Å². The molecule has 2 saturated heterocycles. The molecule has 0 aliphatic carbocycles. The van der Waals surface area contributed by atoms with Crippen LogP contribution in [0.1, 0.15) is 43.8 Å². The number of benzene rings is 1. The minimum atomic E-state index is 0.110. The number of hydrogen-bond acceptors (Lipinski definition) is 6. The predicted molar refractivity (Wildman–Crippen MR) is 122 cm³/mol. The van der Waals surface area contributed by atoms with Gasteiger partial charge in [-0.15, -0.1) is 0 Å². The van der Waals surface area contributed by atoms with Crippen LogP contribution in [-0.4, -0.2) is 73.1 Å². The lowest BCUT2D eigenvalue weighted by Gasteiger charge is -2.36. The number of hydrogen-bond donors (Lipinski definition) is 0. The Bertz CT molecular complexity index is 893. The van der Waals surface area contributed by atoms with Gasteiger partial charge < -0.3 is 14.5 Å². The van der Waals surface area contributed by atoms with Crippen molar-refractivity contribution in [3.63, 3.8) is 0 Å². The number of amides is 1.